The van der Waals surface area contributed by atoms with Gasteiger partial charge in [0.05, 0.1) is 6.26 Å². The maximum absolute atomic E-state index is 8.74. The van der Waals surface area contributed by atoms with Gasteiger partial charge >= 0.3 is 40.0 Å². The molecule has 0 saturated carbocycles. The van der Waals surface area contributed by atoms with E-state index in [4.69, 9.17) is 22.6 Å². The Bertz CT molecular complexity index is 323. The molecule has 5 nitrogen and oxygen atoms in total. The first-order valence-electron chi connectivity index (χ1n) is 8.41. The monoisotopic (exact) mass is 362 g/mol. The normalized spacial score (nSPS) is 10.9. The molecular formula is C16H35NaO5S. The molecule has 0 aliphatic carbocycles. The Kier molecular flexibility index (Phi) is 27.5. The van der Waals surface area contributed by atoms with Crippen molar-refractivity contribution in [1.82, 2.24) is 0 Å². The predicted molar refractivity (Wildman–Crippen MR) is 98.8 cm³/mol. The molecule has 0 saturated heterocycles. The van der Waals surface area contributed by atoms with Gasteiger partial charge < -0.3 is 5.11 Å². The Labute approximate surface area is 164 Å². The summed E-state index contributed by atoms with van der Waals surface area (Å²) in [6.07, 6.45) is 20.8. The molecule has 23 heavy (non-hydrogen) atoms. The van der Waals surface area contributed by atoms with Gasteiger partial charge in [-0.25, -0.2) is 0 Å². The molecule has 7 heteroatoms. The van der Waals surface area contributed by atoms with Crippen LogP contribution in [0.5, 0.6) is 0 Å². The number of hydrogen-bond acceptors (Lipinski definition) is 3. The summed E-state index contributed by atoms with van der Waals surface area (Å²) < 4.78 is 31.6. The minimum atomic E-state index is -4.67. The van der Waals surface area contributed by atoms with Crippen molar-refractivity contribution < 1.29 is 22.6 Å². The van der Waals surface area contributed by atoms with Crippen molar-refractivity contribution in [3.05, 3.63) is 12.3 Å². The molecule has 136 valence electrons. The van der Waals surface area contributed by atoms with Crippen molar-refractivity contribution in [3.63, 3.8) is 0 Å². The van der Waals surface area contributed by atoms with Gasteiger partial charge in [-0.1, -0.05) is 83.6 Å². The van der Waals surface area contributed by atoms with E-state index in [0.29, 0.717) is 0 Å². The maximum atomic E-state index is 8.74. The van der Waals surface area contributed by atoms with Crippen molar-refractivity contribution in [1.29, 1.82) is 0 Å². The van der Waals surface area contributed by atoms with Gasteiger partial charge in [0.25, 0.3) is 0 Å². The van der Waals surface area contributed by atoms with Crippen LogP contribution >= 0.6 is 0 Å². The first-order valence-corrected chi connectivity index (χ1v) is 9.80. The number of aliphatic hydroxyl groups is 1. The van der Waals surface area contributed by atoms with Gasteiger partial charge in [-0.05, 0) is 12.8 Å². The molecule has 0 bridgehead atoms. The van der Waals surface area contributed by atoms with Gasteiger partial charge in [0, 0.05) is 0 Å². The van der Waals surface area contributed by atoms with Gasteiger partial charge in [0.1, 0.15) is 0 Å². The first kappa shape index (κ1) is 28.2. The van der Waals surface area contributed by atoms with Crippen molar-refractivity contribution in [2.45, 2.75) is 90.4 Å². The second-order valence-electron chi connectivity index (χ2n) is 5.51. The van der Waals surface area contributed by atoms with E-state index in [0.717, 1.165) is 6.42 Å². The summed E-state index contributed by atoms with van der Waals surface area (Å²) in [4.78, 5) is 0. The first-order chi connectivity index (χ1) is 10.4. The predicted octanol–water partition coefficient (Wildman–Crippen LogP) is 4.85. The van der Waals surface area contributed by atoms with Gasteiger partial charge in [-0.3, -0.25) is 9.11 Å². The van der Waals surface area contributed by atoms with E-state index in [1.807, 2.05) is 6.08 Å². The number of aliphatic hydroxyl groups excluding tert-OH is 1. The zero-order valence-corrected chi connectivity index (χ0v) is 14.7. The van der Waals surface area contributed by atoms with Gasteiger partial charge in [0.2, 0.25) is 0 Å². The Balaban J connectivity index is -0.000000578. The van der Waals surface area contributed by atoms with Gasteiger partial charge in [-0.2, -0.15) is 8.42 Å². The molecule has 3 N–H and O–H groups in total. The molecule has 0 fully saturated rings. The third kappa shape index (κ3) is 45.0. The van der Waals surface area contributed by atoms with Crippen LogP contribution in [0, 0.1) is 0 Å². The SMILES string of the molecule is CCCCCCCCCCCCCCC=CO.O=S(=O)(O)O.[NaH]. The van der Waals surface area contributed by atoms with Crippen LogP contribution in [0.15, 0.2) is 12.3 Å². The number of hydrogen-bond donors (Lipinski definition) is 3. The minimum absolute atomic E-state index is 0. The fourth-order valence-electron chi connectivity index (χ4n) is 2.18. The summed E-state index contributed by atoms with van der Waals surface area (Å²) >= 11 is 0. The van der Waals surface area contributed by atoms with Crippen molar-refractivity contribution in [2.24, 2.45) is 0 Å². The zero-order valence-electron chi connectivity index (χ0n) is 13.9. The van der Waals surface area contributed by atoms with Crippen molar-refractivity contribution in [2.75, 3.05) is 0 Å². The molecule has 0 atom stereocenters. The third-order valence-corrected chi connectivity index (χ3v) is 3.33. The summed E-state index contributed by atoms with van der Waals surface area (Å²) in [5.41, 5.74) is 0. The Morgan fingerprint density at radius 2 is 1.04 bits per heavy atom. The Morgan fingerprint density at radius 1 is 0.739 bits per heavy atom. The van der Waals surface area contributed by atoms with Gasteiger partial charge in [0.15, 0.2) is 0 Å². The number of unbranched alkanes of at least 4 members (excludes halogenated alkanes) is 12. The Morgan fingerprint density at radius 3 is 1.35 bits per heavy atom. The van der Waals surface area contributed by atoms with Crippen LogP contribution in [-0.4, -0.2) is 52.2 Å². The molecule has 0 spiro atoms. The third-order valence-electron chi connectivity index (χ3n) is 3.33. The summed E-state index contributed by atoms with van der Waals surface area (Å²) in [6.45, 7) is 2.27. The van der Waals surface area contributed by atoms with E-state index < -0.39 is 10.4 Å². The van der Waals surface area contributed by atoms with Crippen LogP contribution in [0.4, 0.5) is 0 Å². The van der Waals surface area contributed by atoms with E-state index in [-0.39, 0.29) is 29.6 Å². The molecule has 0 aromatic carbocycles. The van der Waals surface area contributed by atoms with Crippen LogP contribution < -0.4 is 0 Å². The van der Waals surface area contributed by atoms with E-state index in [1.54, 1.807) is 0 Å². The van der Waals surface area contributed by atoms with E-state index in [9.17, 15) is 0 Å². The molecule has 0 aliphatic heterocycles. The summed E-state index contributed by atoms with van der Waals surface area (Å²) in [6, 6.07) is 0. The number of rotatable bonds is 13. The molecule has 0 aliphatic rings. The Hall–Kier alpha value is 0.410. The van der Waals surface area contributed by atoms with Gasteiger partial charge in [-0.15, -0.1) is 0 Å². The average molecular weight is 363 g/mol. The quantitative estimate of drug-likeness (QED) is 0.188. The fraction of sp³-hybridized carbons (Fsp3) is 0.875. The number of allylic oxidation sites excluding steroid dienone is 1. The molecule has 0 aromatic rings. The molecule has 0 heterocycles. The molecule has 0 aromatic heterocycles. The van der Waals surface area contributed by atoms with Crippen LogP contribution in [0.1, 0.15) is 90.4 Å². The van der Waals surface area contributed by atoms with E-state index >= 15 is 0 Å². The standard InChI is InChI=1S/C16H32O.Na.H2O4S.H/c1-2-3-4-5-6-7-8-9-10-11-12-13-14-15-16-17;;1-5(2,3)4;/h15-17H,2-14H2,1H3;;(H2,1,2,3,4);. The van der Waals surface area contributed by atoms with E-state index in [2.05, 4.69) is 6.92 Å². The second kappa shape index (κ2) is 22.4. The van der Waals surface area contributed by atoms with Crippen molar-refractivity contribution in [3.8, 4) is 0 Å². The van der Waals surface area contributed by atoms with Crippen LogP contribution in [0.3, 0.4) is 0 Å². The van der Waals surface area contributed by atoms with Crippen LogP contribution in [0.25, 0.3) is 0 Å². The summed E-state index contributed by atoms with van der Waals surface area (Å²) in [5.74, 6) is 0. The summed E-state index contributed by atoms with van der Waals surface area (Å²) in [7, 11) is -4.67. The van der Waals surface area contributed by atoms with Crippen LogP contribution in [-0.2, 0) is 10.4 Å². The molecule has 0 unspecified atom stereocenters. The molecule has 0 radical (unpaired) electrons. The summed E-state index contributed by atoms with van der Waals surface area (Å²) in [5, 5.41) is 8.46. The fourth-order valence-corrected chi connectivity index (χ4v) is 2.18. The topological polar surface area (TPSA) is 94.8 Å². The van der Waals surface area contributed by atoms with Crippen LogP contribution in [0.2, 0.25) is 0 Å². The molecule has 0 rings (SSSR count). The second-order valence-corrected chi connectivity index (χ2v) is 6.41. The van der Waals surface area contributed by atoms with E-state index in [1.165, 1.54) is 83.3 Å². The average Bonchev–Trinajstić information content (AvgIpc) is 2.42. The zero-order chi connectivity index (χ0) is 17.1. The van der Waals surface area contributed by atoms with Crippen molar-refractivity contribution >= 4 is 40.0 Å². The molecule has 0 amide bonds. The molecular weight excluding hydrogens is 327 g/mol.